The van der Waals surface area contributed by atoms with Crippen molar-refractivity contribution in [3.05, 3.63) is 35.9 Å². The smallest absolute Gasteiger partial charge is 0.333 e. The van der Waals surface area contributed by atoms with Crippen LogP contribution in [0.3, 0.4) is 0 Å². The van der Waals surface area contributed by atoms with Crippen molar-refractivity contribution in [2.75, 3.05) is 0 Å². The number of hydrogen-bond donors (Lipinski definition) is 2. The molecule has 0 aliphatic carbocycles. The third-order valence-electron chi connectivity index (χ3n) is 2.06. The molecule has 0 aliphatic rings. The molecule has 5 heteroatoms. The highest BCUT2D eigenvalue weighted by Gasteiger charge is 2.27. The van der Waals surface area contributed by atoms with Gasteiger partial charge in [-0.05, 0) is 26.3 Å². The number of carbonyl (C=O) groups excluding carboxylic acids is 2. The molecule has 5 nitrogen and oxygen atoms in total. The number of nitrogens with one attached hydrogen (secondary N) is 1. The summed E-state index contributed by atoms with van der Waals surface area (Å²) in [6.45, 7) is 5.28. The van der Waals surface area contributed by atoms with Crippen molar-refractivity contribution in [3.63, 3.8) is 0 Å². The van der Waals surface area contributed by atoms with Gasteiger partial charge in [-0.15, -0.1) is 0 Å². The monoisotopic (exact) mass is 250 g/mol. The summed E-state index contributed by atoms with van der Waals surface area (Å²) < 4.78 is 5.25. The maximum atomic E-state index is 12.0. The number of nitrogens with two attached hydrogens (primary N) is 1. The van der Waals surface area contributed by atoms with Crippen LogP contribution in [0.15, 0.2) is 30.3 Å². The van der Waals surface area contributed by atoms with Crippen molar-refractivity contribution >= 4 is 12.0 Å². The highest BCUT2D eigenvalue weighted by molar-refractivity contribution is 5.84. The van der Waals surface area contributed by atoms with Crippen LogP contribution in [0, 0.1) is 0 Å². The fourth-order valence-electron chi connectivity index (χ4n) is 1.43. The van der Waals surface area contributed by atoms with E-state index in [1.807, 2.05) is 6.07 Å². The zero-order valence-electron chi connectivity index (χ0n) is 10.8. The lowest BCUT2D eigenvalue weighted by molar-refractivity contribution is -0.157. The molecule has 98 valence electrons. The minimum Gasteiger partial charge on any atom is -0.458 e. The average molecular weight is 250 g/mol. The fraction of sp³-hybridized carbons (Fsp3) is 0.385. The van der Waals surface area contributed by atoms with E-state index in [9.17, 15) is 9.59 Å². The number of benzene rings is 1. The van der Waals surface area contributed by atoms with Gasteiger partial charge in [0.15, 0.2) is 6.04 Å². The van der Waals surface area contributed by atoms with Crippen molar-refractivity contribution < 1.29 is 14.3 Å². The number of esters is 1. The molecule has 0 saturated carbocycles. The Balaban J connectivity index is 2.92. The van der Waals surface area contributed by atoms with Crippen LogP contribution in [0.1, 0.15) is 32.4 Å². The van der Waals surface area contributed by atoms with Gasteiger partial charge < -0.3 is 15.8 Å². The zero-order chi connectivity index (χ0) is 13.8. The van der Waals surface area contributed by atoms with Crippen molar-refractivity contribution in [2.24, 2.45) is 5.73 Å². The molecule has 0 spiro atoms. The maximum Gasteiger partial charge on any atom is 0.333 e. The number of amides is 2. The summed E-state index contributed by atoms with van der Waals surface area (Å²) in [6, 6.07) is 7.16. The highest BCUT2D eigenvalue weighted by atomic mass is 16.6. The summed E-state index contributed by atoms with van der Waals surface area (Å²) in [4.78, 5) is 23.0. The second-order valence-corrected chi connectivity index (χ2v) is 4.89. The molecule has 1 aromatic carbocycles. The summed E-state index contributed by atoms with van der Waals surface area (Å²) in [5, 5.41) is 2.38. The van der Waals surface area contributed by atoms with Crippen LogP contribution in [0.25, 0.3) is 0 Å². The Morgan fingerprint density at radius 1 is 1.22 bits per heavy atom. The third kappa shape index (κ3) is 4.45. The molecule has 0 unspecified atom stereocenters. The van der Waals surface area contributed by atoms with E-state index in [0.717, 1.165) is 0 Å². The van der Waals surface area contributed by atoms with E-state index in [1.54, 1.807) is 45.0 Å². The van der Waals surface area contributed by atoms with Gasteiger partial charge in [0.2, 0.25) is 0 Å². The first-order chi connectivity index (χ1) is 8.29. The largest absolute Gasteiger partial charge is 0.458 e. The molecule has 0 radical (unpaired) electrons. The van der Waals surface area contributed by atoms with E-state index in [0.29, 0.717) is 5.56 Å². The lowest BCUT2D eigenvalue weighted by Gasteiger charge is -2.24. The van der Waals surface area contributed by atoms with Crippen molar-refractivity contribution in [3.8, 4) is 0 Å². The number of urea groups is 1. The average Bonchev–Trinajstić information content (AvgIpc) is 2.24. The van der Waals surface area contributed by atoms with E-state index in [1.165, 1.54) is 0 Å². The minimum absolute atomic E-state index is 0.535. The van der Waals surface area contributed by atoms with Gasteiger partial charge in [0.1, 0.15) is 5.60 Å². The Labute approximate surface area is 106 Å². The molecule has 0 bridgehead atoms. The second kappa shape index (κ2) is 5.53. The Kier molecular flexibility index (Phi) is 4.31. The molecule has 3 N–H and O–H groups in total. The lowest BCUT2D eigenvalue weighted by Crippen LogP contribution is -2.40. The Bertz CT molecular complexity index is 424. The normalized spacial score (nSPS) is 12.6. The van der Waals surface area contributed by atoms with Gasteiger partial charge in [-0.1, -0.05) is 30.3 Å². The van der Waals surface area contributed by atoms with Crippen molar-refractivity contribution in [1.82, 2.24) is 5.32 Å². The molecule has 0 fully saturated rings. The Morgan fingerprint density at radius 3 is 2.22 bits per heavy atom. The van der Waals surface area contributed by atoms with Crippen LogP contribution >= 0.6 is 0 Å². The molecule has 2 amide bonds. The van der Waals surface area contributed by atoms with Crippen LogP contribution in [0.4, 0.5) is 4.79 Å². The van der Waals surface area contributed by atoms with E-state index in [-0.39, 0.29) is 0 Å². The molecule has 0 aliphatic heterocycles. The van der Waals surface area contributed by atoms with E-state index >= 15 is 0 Å². The van der Waals surface area contributed by atoms with Gasteiger partial charge in [-0.2, -0.15) is 0 Å². The van der Waals surface area contributed by atoms with Gasteiger partial charge in [-0.3, -0.25) is 0 Å². The predicted molar refractivity (Wildman–Crippen MR) is 67.7 cm³/mol. The van der Waals surface area contributed by atoms with Crippen LogP contribution in [-0.2, 0) is 9.53 Å². The molecule has 1 aromatic rings. The molecule has 0 saturated heterocycles. The molecular formula is C13H18N2O3. The van der Waals surface area contributed by atoms with Gasteiger partial charge >= 0.3 is 12.0 Å². The highest BCUT2D eigenvalue weighted by Crippen LogP contribution is 2.18. The second-order valence-electron chi connectivity index (χ2n) is 4.89. The van der Waals surface area contributed by atoms with E-state index in [4.69, 9.17) is 10.5 Å². The van der Waals surface area contributed by atoms with Crippen LogP contribution in [0.5, 0.6) is 0 Å². The maximum absolute atomic E-state index is 12.0. The molecule has 0 heterocycles. The van der Waals surface area contributed by atoms with Crippen molar-refractivity contribution in [1.29, 1.82) is 0 Å². The minimum atomic E-state index is -0.886. The number of rotatable bonds is 3. The first-order valence-corrected chi connectivity index (χ1v) is 5.63. The lowest BCUT2D eigenvalue weighted by atomic mass is 10.1. The van der Waals surface area contributed by atoms with Crippen molar-refractivity contribution in [2.45, 2.75) is 32.4 Å². The SMILES string of the molecule is CC(C)(C)OC(=O)[C@@H](NC(N)=O)c1ccccc1. The number of carbonyl (C=O) groups is 2. The van der Waals surface area contributed by atoms with Crippen LogP contribution in [0.2, 0.25) is 0 Å². The molecule has 18 heavy (non-hydrogen) atoms. The summed E-state index contributed by atoms with van der Waals surface area (Å²) in [6.07, 6.45) is 0. The number of hydrogen-bond acceptors (Lipinski definition) is 3. The van der Waals surface area contributed by atoms with Gasteiger partial charge in [0.05, 0.1) is 0 Å². The first-order valence-electron chi connectivity index (χ1n) is 5.63. The topological polar surface area (TPSA) is 81.4 Å². The van der Waals surface area contributed by atoms with Gasteiger partial charge in [-0.25, -0.2) is 9.59 Å². The molecular weight excluding hydrogens is 232 g/mol. The quantitative estimate of drug-likeness (QED) is 0.802. The van der Waals surface area contributed by atoms with E-state index in [2.05, 4.69) is 5.32 Å². The molecule has 0 aromatic heterocycles. The first kappa shape index (κ1) is 14.0. The molecule has 1 rings (SSSR count). The summed E-state index contributed by atoms with van der Waals surface area (Å²) in [5.74, 6) is -0.535. The Hall–Kier alpha value is -2.04. The van der Waals surface area contributed by atoms with Gasteiger partial charge in [0.25, 0.3) is 0 Å². The predicted octanol–water partition coefficient (Wildman–Crippen LogP) is 1.74. The van der Waals surface area contributed by atoms with Gasteiger partial charge in [0, 0.05) is 0 Å². The molecule has 1 atom stereocenters. The number of primary amides is 1. The number of ether oxygens (including phenoxy) is 1. The summed E-state index contributed by atoms with van der Waals surface area (Å²) in [7, 11) is 0. The summed E-state index contributed by atoms with van der Waals surface area (Å²) in [5.41, 5.74) is 5.08. The summed E-state index contributed by atoms with van der Waals surface area (Å²) >= 11 is 0. The van der Waals surface area contributed by atoms with Crippen LogP contribution in [-0.4, -0.2) is 17.6 Å². The zero-order valence-corrected chi connectivity index (χ0v) is 10.8. The standard InChI is InChI=1S/C13H18N2O3/c1-13(2,3)18-11(16)10(15-12(14)17)9-7-5-4-6-8-9/h4-8,10H,1-3H3,(H3,14,15,17)/t10-/m0/s1. The Morgan fingerprint density at radius 2 is 1.78 bits per heavy atom. The van der Waals surface area contributed by atoms with Crippen LogP contribution < -0.4 is 11.1 Å². The van der Waals surface area contributed by atoms with E-state index < -0.39 is 23.6 Å². The third-order valence-corrected chi connectivity index (χ3v) is 2.06. The fourth-order valence-corrected chi connectivity index (χ4v) is 1.43.